The zero-order valence-electron chi connectivity index (χ0n) is 19.6. The van der Waals surface area contributed by atoms with Crippen molar-refractivity contribution in [2.24, 2.45) is 0 Å². The Bertz CT molecular complexity index is 808. The predicted molar refractivity (Wildman–Crippen MR) is 119 cm³/mol. The van der Waals surface area contributed by atoms with E-state index in [2.05, 4.69) is 0 Å². The maximum Gasteiger partial charge on any atom is 0.410 e. The molecule has 0 aliphatic carbocycles. The van der Waals surface area contributed by atoms with Gasteiger partial charge in [-0.2, -0.15) is 0 Å². The van der Waals surface area contributed by atoms with Crippen LogP contribution in [0, 0.1) is 0 Å². The molecule has 0 radical (unpaired) electrons. The summed E-state index contributed by atoms with van der Waals surface area (Å²) in [5, 5.41) is 31.3. The average Bonchev–Trinajstić information content (AvgIpc) is 3.18. The molecule has 184 valence electrons. The van der Waals surface area contributed by atoms with Crippen LogP contribution in [0.4, 0.5) is 4.79 Å². The lowest BCUT2D eigenvalue weighted by Gasteiger charge is -2.38. The van der Waals surface area contributed by atoms with Crippen LogP contribution >= 0.6 is 0 Å². The number of aliphatic hydroxyl groups is 3. The lowest BCUT2D eigenvalue weighted by Crippen LogP contribution is -2.50. The Labute approximate surface area is 194 Å². The normalized spacial score (nSPS) is 29.0. The molecule has 2 aliphatic rings. The first-order valence-corrected chi connectivity index (χ1v) is 11.1. The van der Waals surface area contributed by atoms with E-state index in [0.29, 0.717) is 5.57 Å². The van der Waals surface area contributed by atoms with Crippen LogP contribution in [0.25, 0.3) is 0 Å². The lowest BCUT2D eigenvalue weighted by molar-refractivity contribution is -0.191. The zero-order chi connectivity index (χ0) is 24.2. The van der Waals surface area contributed by atoms with Gasteiger partial charge in [-0.15, -0.1) is 0 Å². The molecule has 1 aromatic rings. The number of hydrogen-bond acceptors (Lipinski definition) is 8. The minimum Gasteiger partial charge on any atom is -0.444 e. The number of likely N-dealkylation sites (tertiary alicyclic amines) is 1. The van der Waals surface area contributed by atoms with Crippen molar-refractivity contribution in [3.63, 3.8) is 0 Å². The molecule has 0 aromatic heterocycles. The molecule has 2 heterocycles. The van der Waals surface area contributed by atoms with Gasteiger partial charge in [0.15, 0.2) is 6.29 Å². The Kier molecular flexibility index (Phi) is 8.49. The fourth-order valence-corrected chi connectivity index (χ4v) is 4.08. The minimum atomic E-state index is -1.19. The van der Waals surface area contributed by atoms with Gasteiger partial charge in [0.25, 0.3) is 0 Å². The minimum absolute atomic E-state index is 0.0512. The summed E-state index contributed by atoms with van der Waals surface area (Å²) in [5.41, 5.74) is 0.606. The van der Waals surface area contributed by atoms with Gasteiger partial charge in [0.2, 0.25) is 0 Å². The summed E-state index contributed by atoms with van der Waals surface area (Å²) >= 11 is 0. The van der Waals surface area contributed by atoms with Crippen molar-refractivity contribution in [3.05, 3.63) is 47.5 Å². The molecule has 1 saturated heterocycles. The number of ether oxygens (including phenoxy) is 4. The highest BCUT2D eigenvalue weighted by Gasteiger charge is 2.45. The standard InChI is InChI=1S/C24H35NO8/c1-24(2,3)33-23(29)25-12-16(27)10-18(25)21(28)17-11-19(20(13-26)32-22(17)30-4)31-14-15-8-6-5-7-9-15/h5-9,11,16,18-22,26-28H,10,12-14H2,1-4H3/t16-,18+,19+,20-,21-,22+/m1/s1. The quantitative estimate of drug-likeness (QED) is 0.520. The summed E-state index contributed by atoms with van der Waals surface area (Å²) in [7, 11) is 1.43. The number of rotatable bonds is 7. The molecule has 9 nitrogen and oxygen atoms in total. The molecule has 3 rings (SSSR count). The summed E-state index contributed by atoms with van der Waals surface area (Å²) in [5.74, 6) is 0. The Morgan fingerprint density at radius 1 is 1.27 bits per heavy atom. The summed E-state index contributed by atoms with van der Waals surface area (Å²) in [4.78, 5) is 14.1. The van der Waals surface area contributed by atoms with E-state index < -0.39 is 48.4 Å². The molecule has 3 N–H and O–H groups in total. The van der Waals surface area contributed by atoms with Crippen LogP contribution in [0.2, 0.25) is 0 Å². The van der Waals surface area contributed by atoms with Crippen LogP contribution in [-0.2, 0) is 25.6 Å². The number of β-amino-alcohol motifs (C(OH)–C–C–N with tert-alkyl or cyclic N) is 1. The second-order valence-electron chi connectivity index (χ2n) is 9.39. The molecule has 2 aliphatic heterocycles. The Balaban J connectivity index is 1.81. The zero-order valence-corrected chi connectivity index (χ0v) is 19.6. The highest BCUT2D eigenvalue weighted by Crippen LogP contribution is 2.32. The third-order valence-electron chi connectivity index (χ3n) is 5.63. The van der Waals surface area contributed by atoms with E-state index in [1.54, 1.807) is 26.8 Å². The van der Waals surface area contributed by atoms with Crippen molar-refractivity contribution in [3.8, 4) is 0 Å². The van der Waals surface area contributed by atoms with Gasteiger partial charge in [0.05, 0.1) is 31.9 Å². The highest BCUT2D eigenvalue weighted by atomic mass is 16.7. The van der Waals surface area contributed by atoms with Crippen LogP contribution in [0.1, 0.15) is 32.8 Å². The van der Waals surface area contributed by atoms with Gasteiger partial charge in [-0.3, -0.25) is 4.90 Å². The van der Waals surface area contributed by atoms with E-state index in [1.165, 1.54) is 12.0 Å². The summed E-state index contributed by atoms with van der Waals surface area (Å²) in [6, 6.07) is 8.84. The summed E-state index contributed by atoms with van der Waals surface area (Å²) < 4.78 is 22.7. The maximum atomic E-state index is 12.7. The second-order valence-corrected chi connectivity index (χ2v) is 9.39. The third kappa shape index (κ3) is 6.53. The van der Waals surface area contributed by atoms with Crippen LogP contribution in [0.5, 0.6) is 0 Å². The topological polar surface area (TPSA) is 118 Å². The van der Waals surface area contributed by atoms with Crippen LogP contribution in [0.3, 0.4) is 0 Å². The molecule has 9 heteroatoms. The van der Waals surface area contributed by atoms with Crippen LogP contribution < -0.4 is 0 Å². The molecule has 1 fully saturated rings. The van der Waals surface area contributed by atoms with Gasteiger partial charge in [-0.1, -0.05) is 30.3 Å². The van der Waals surface area contributed by atoms with E-state index in [4.69, 9.17) is 18.9 Å². The first-order valence-electron chi connectivity index (χ1n) is 11.1. The number of hydrogen-bond donors (Lipinski definition) is 3. The van der Waals surface area contributed by atoms with E-state index >= 15 is 0 Å². The number of nitrogens with zero attached hydrogens (tertiary/aromatic N) is 1. The fraction of sp³-hybridized carbons (Fsp3) is 0.625. The van der Waals surface area contributed by atoms with Gasteiger partial charge in [-0.25, -0.2) is 4.79 Å². The molecule has 1 amide bonds. The fourth-order valence-electron chi connectivity index (χ4n) is 4.08. The summed E-state index contributed by atoms with van der Waals surface area (Å²) in [6.07, 6.45) is -3.01. The average molecular weight is 466 g/mol. The Morgan fingerprint density at radius 2 is 1.97 bits per heavy atom. The van der Waals surface area contributed by atoms with Gasteiger partial charge < -0.3 is 34.3 Å². The van der Waals surface area contributed by atoms with E-state index in [1.807, 2.05) is 30.3 Å². The molecular formula is C24H35NO8. The van der Waals surface area contributed by atoms with E-state index in [9.17, 15) is 20.1 Å². The maximum absolute atomic E-state index is 12.7. The lowest BCUT2D eigenvalue weighted by atomic mass is 9.94. The first-order chi connectivity index (χ1) is 15.6. The monoisotopic (exact) mass is 465 g/mol. The van der Waals surface area contributed by atoms with E-state index in [0.717, 1.165) is 5.56 Å². The molecule has 0 bridgehead atoms. The second kappa shape index (κ2) is 10.9. The van der Waals surface area contributed by atoms with Crippen molar-refractivity contribution < 1.29 is 39.1 Å². The number of carbonyl (C=O) groups is 1. The van der Waals surface area contributed by atoms with Gasteiger partial charge in [0.1, 0.15) is 23.9 Å². The largest absolute Gasteiger partial charge is 0.444 e. The Hall–Kier alpha value is -2.01. The molecular weight excluding hydrogens is 430 g/mol. The molecule has 6 atom stereocenters. The van der Waals surface area contributed by atoms with Crippen molar-refractivity contribution >= 4 is 6.09 Å². The molecule has 1 aromatic carbocycles. The van der Waals surface area contributed by atoms with Crippen molar-refractivity contribution in [1.82, 2.24) is 4.90 Å². The van der Waals surface area contributed by atoms with Crippen molar-refractivity contribution in [2.45, 2.75) is 76.1 Å². The van der Waals surface area contributed by atoms with Crippen molar-refractivity contribution in [1.29, 1.82) is 0 Å². The first kappa shape index (κ1) is 25.6. The molecule has 0 unspecified atom stereocenters. The Morgan fingerprint density at radius 3 is 2.58 bits per heavy atom. The number of benzene rings is 1. The summed E-state index contributed by atoms with van der Waals surface area (Å²) in [6.45, 7) is 5.30. The smallest absolute Gasteiger partial charge is 0.410 e. The number of methoxy groups -OCH3 is 1. The number of carbonyl (C=O) groups excluding carboxylic acids is 1. The number of aliphatic hydroxyl groups excluding tert-OH is 3. The SMILES string of the molecule is CO[C@H]1O[C@H](CO)[C@@H](OCc2ccccc2)C=C1[C@@H](O)[C@@H]1C[C@@H](O)CN1C(=O)OC(C)(C)C. The van der Waals surface area contributed by atoms with E-state index in [-0.39, 0.29) is 26.2 Å². The third-order valence-corrected chi connectivity index (χ3v) is 5.63. The molecule has 0 saturated carbocycles. The van der Waals surface area contributed by atoms with Gasteiger partial charge in [-0.05, 0) is 38.8 Å². The molecule has 33 heavy (non-hydrogen) atoms. The predicted octanol–water partition coefficient (Wildman–Crippen LogP) is 1.59. The molecule has 0 spiro atoms. The number of amides is 1. The van der Waals surface area contributed by atoms with Gasteiger partial charge in [0, 0.05) is 12.7 Å². The van der Waals surface area contributed by atoms with Gasteiger partial charge >= 0.3 is 6.09 Å². The van der Waals surface area contributed by atoms with Crippen LogP contribution in [0.15, 0.2) is 42.0 Å². The van der Waals surface area contributed by atoms with Crippen LogP contribution in [-0.4, -0.2) is 88.9 Å². The highest BCUT2D eigenvalue weighted by molar-refractivity contribution is 5.69. The van der Waals surface area contributed by atoms with Crippen molar-refractivity contribution in [2.75, 3.05) is 20.3 Å².